The van der Waals surface area contributed by atoms with Gasteiger partial charge in [-0.3, -0.25) is 4.79 Å². The molecule has 0 radical (unpaired) electrons. The minimum absolute atomic E-state index is 0.191. The highest BCUT2D eigenvalue weighted by atomic mass is 79.9. The van der Waals surface area contributed by atoms with Crippen LogP contribution in [0.2, 0.25) is 0 Å². The second-order valence-corrected chi connectivity index (χ2v) is 5.63. The molecule has 1 aromatic rings. The molecule has 0 aliphatic heterocycles. The van der Waals surface area contributed by atoms with Crippen molar-refractivity contribution in [3.8, 4) is 0 Å². The Morgan fingerprint density at radius 2 is 2.00 bits per heavy atom. The summed E-state index contributed by atoms with van der Waals surface area (Å²) in [6.45, 7) is 8.44. The van der Waals surface area contributed by atoms with Crippen LogP contribution in [0.1, 0.15) is 48.8 Å². The first-order valence-electron chi connectivity index (χ1n) is 6.35. The van der Waals surface area contributed by atoms with E-state index in [1.807, 2.05) is 0 Å². The van der Waals surface area contributed by atoms with Crippen molar-refractivity contribution in [1.29, 1.82) is 0 Å². The maximum Gasteiger partial charge on any atom is 0.289 e. The van der Waals surface area contributed by atoms with E-state index < -0.39 is 0 Å². The van der Waals surface area contributed by atoms with Crippen LogP contribution in [-0.4, -0.2) is 22.3 Å². The van der Waals surface area contributed by atoms with Crippen LogP contribution in [0.5, 0.6) is 0 Å². The van der Waals surface area contributed by atoms with Gasteiger partial charge in [-0.2, -0.15) is 0 Å². The zero-order chi connectivity index (χ0) is 13.7. The van der Waals surface area contributed by atoms with E-state index in [1.165, 1.54) is 0 Å². The number of aromatic nitrogens is 1. The lowest BCUT2D eigenvalue weighted by Gasteiger charge is -2.19. The molecule has 0 aliphatic carbocycles. The van der Waals surface area contributed by atoms with E-state index in [2.05, 4.69) is 40.1 Å². The first-order valence-corrected chi connectivity index (χ1v) is 7.27. The summed E-state index contributed by atoms with van der Waals surface area (Å²) in [5, 5.41) is 2.88. The third kappa shape index (κ3) is 3.83. The summed E-state index contributed by atoms with van der Waals surface area (Å²) in [7, 11) is 0. The topological polar surface area (TPSA) is 55.1 Å². The second kappa shape index (κ2) is 6.92. The summed E-state index contributed by atoms with van der Waals surface area (Å²) in [5.74, 6) is 1.22. The quantitative estimate of drug-likeness (QED) is 0.820. The first-order chi connectivity index (χ1) is 8.49. The van der Waals surface area contributed by atoms with Crippen LogP contribution in [0, 0.1) is 19.8 Å². The van der Waals surface area contributed by atoms with Crippen molar-refractivity contribution >= 4 is 21.8 Å². The van der Waals surface area contributed by atoms with Crippen molar-refractivity contribution in [3.05, 3.63) is 17.3 Å². The summed E-state index contributed by atoms with van der Waals surface area (Å²) >= 11 is 3.63. The predicted octanol–water partition coefficient (Wildman–Crippen LogP) is 3.22. The molecule has 1 aromatic heterocycles. The molecule has 1 rings (SSSR count). The highest BCUT2D eigenvalue weighted by molar-refractivity contribution is 9.09. The number of amides is 1. The molecule has 1 N–H and O–H groups in total. The minimum atomic E-state index is -0.191. The molecule has 1 unspecified atom stereocenters. The molecule has 0 bridgehead atoms. The Bertz CT molecular complexity index is 400. The number of hydrogen-bond acceptors (Lipinski definition) is 3. The van der Waals surface area contributed by atoms with Crippen LogP contribution in [-0.2, 0) is 0 Å². The van der Waals surface area contributed by atoms with E-state index in [0.717, 1.165) is 12.8 Å². The Kier molecular flexibility index (Phi) is 5.85. The number of carbonyl (C=O) groups is 1. The molecule has 0 saturated carbocycles. The Morgan fingerprint density at radius 3 is 2.44 bits per heavy atom. The number of oxazole rings is 1. The Balaban J connectivity index is 2.53. The molecule has 0 aromatic carbocycles. The standard InChI is InChI=1S/C13H21BrN2O2/c1-5-10(6-2)11(14)7-15-13(17)12-8(3)16-9(4)18-12/h10-11H,5-7H2,1-4H3,(H,15,17). The first kappa shape index (κ1) is 15.2. The van der Waals surface area contributed by atoms with E-state index in [0.29, 0.717) is 34.6 Å². The number of rotatable bonds is 6. The molecule has 1 atom stereocenters. The number of nitrogens with one attached hydrogen (secondary N) is 1. The van der Waals surface area contributed by atoms with Crippen molar-refractivity contribution in [2.45, 2.75) is 45.4 Å². The van der Waals surface area contributed by atoms with Crippen LogP contribution < -0.4 is 5.32 Å². The molecule has 0 spiro atoms. The lowest BCUT2D eigenvalue weighted by molar-refractivity contribution is 0.0922. The summed E-state index contributed by atoms with van der Waals surface area (Å²) < 4.78 is 5.28. The normalized spacial score (nSPS) is 12.8. The van der Waals surface area contributed by atoms with Gasteiger partial charge in [0, 0.05) is 18.3 Å². The van der Waals surface area contributed by atoms with E-state index in [9.17, 15) is 4.79 Å². The monoisotopic (exact) mass is 316 g/mol. The molecule has 4 nitrogen and oxygen atoms in total. The van der Waals surface area contributed by atoms with Gasteiger partial charge >= 0.3 is 0 Å². The van der Waals surface area contributed by atoms with Crippen molar-refractivity contribution in [2.75, 3.05) is 6.54 Å². The molecule has 5 heteroatoms. The van der Waals surface area contributed by atoms with Gasteiger partial charge < -0.3 is 9.73 Å². The molecule has 0 aliphatic rings. The van der Waals surface area contributed by atoms with Gasteiger partial charge in [0.05, 0.1) is 5.69 Å². The number of carbonyl (C=O) groups excluding carboxylic acids is 1. The lowest BCUT2D eigenvalue weighted by atomic mass is 9.99. The fraction of sp³-hybridized carbons (Fsp3) is 0.692. The smallest absolute Gasteiger partial charge is 0.289 e. The summed E-state index contributed by atoms with van der Waals surface area (Å²) in [5.41, 5.74) is 0.638. The predicted molar refractivity (Wildman–Crippen MR) is 75.1 cm³/mol. The molecule has 102 valence electrons. The average molecular weight is 317 g/mol. The highest BCUT2D eigenvalue weighted by Crippen LogP contribution is 2.19. The molecule has 0 fully saturated rings. The van der Waals surface area contributed by atoms with Crippen molar-refractivity contribution in [1.82, 2.24) is 10.3 Å². The van der Waals surface area contributed by atoms with Crippen molar-refractivity contribution < 1.29 is 9.21 Å². The SMILES string of the molecule is CCC(CC)C(Br)CNC(=O)c1oc(C)nc1C. The zero-order valence-corrected chi connectivity index (χ0v) is 13.0. The Hall–Kier alpha value is -0.840. The molecule has 18 heavy (non-hydrogen) atoms. The highest BCUT2D eigenvalue weighted by Gasteiger charge is 2.19. The van der Waals surface area contributed by atoms with Gasteiger partial charge in [0.25, 0.3) is 5.91 Å². The van der Waals surface area contributed by atoms with Gasteiger partial charge in [-0.05, 0) is 12.8 Å². The molecule has 0 saturated heterocycles. The van der Waals surface area contributed by atoms with E-state index >= 15 is 0 Å². The lowest BCUT2D eigenvalue weighted by Crippen LogP contribution is -2.33. The number of alkyl halides is 1. The third-order valence-electron chi connectivity index (χ3n) is 3.13. The Labute approximate surface area is 117 Å². The van der Waals surface area contributed by atoms with Crippen LogP contribution in [0.4, 0.5) is 0 Å². The fourth-order valence-corrected chi connectivity index (χ4v) is 2.89. The Morgan fingerprint density at radius 1 is 1.39 bits per heavy atom. The molecule has 1 amide bonds. The number of hydrogen-bond donors (Lipinski definition) is 1. The minimum Gasteiger partial charge on any atom is -0.436 e. The number of nitrogens with zero attached hydrogens (tertiary/aromatic N) is 1. The van der Waals surface area contributed by atoms with Crippen molar-refractivity contribution in [3.63, 3.8) is 0 Å². The van der Waals surface area contributed by atoms with Crippen LogP contribution in [0.15, 0.2) is 4.42 Å². The summed E-state index contributed by atoms with van der Waals surface area (Å²) in [6.07, 6.45) is 2.20. The zero-order valence-electron chi connectivity index (χ0n) is 11.4. The van der Waals surface area contributed by atoms with Crippen LogP contribution in [0.25, 0.3) is 0 Å². The maximum absolute atomic E-state index is 11.9. The maximum atomic E-state index is 11.9. The van der Waals surface area contributed by atoms with Gasteiger partial charge in [-0.15, -0.1) is 0 Å². The number of aryl methyl sites for hydroxylation is 2. The van der Waals surface area contributed by atoms with E-state index in [1.54, 1.807) is 13.8 Å². The fourth-order valence-electron chi connectivity index (χ4n) is 1.98. The summed E-state index contributed by atoms with van der Waals surface area (Å²) in [4.78, 5) is 16.3. The second-order valence-electron chi connectivity index (χ2n) is 4.45. The summed E-state index contributed by atoms with van der Waals surface area (Å²) in [6, 6.07) is 0. The van der Waals surface area contributed by atoms with Gasteiger partial charge in [-0.25, -0.2) is 4.98 Å². The van der Waals surface area contributed by atoms with Gasteiger partial charge in [-0.1, -0.05) is 42.6 Å². The number of halogens is 1. The molecule has 1 heterocycles. The van der Waals surface area contributed by atoms with E-state index in [-0.39, 0.29) is 5.91 Å². The van der Waals surface area contributed by atoms with Crippen LogP contribution in [0.3, 0.4) is 0 Å². The van der Waals surface area contributed by atoms with E-state index in [4.69, 9.17) is 4.42 Å². The largest absolute Gasteiger partial charge is 0.436 e. The van der Waals surface area contributed by atoms with Gasteiger partial charge in [0.15, 0.2) is 5.89 Å². The van der Waals surface area contributed by atoms with Gasteiger partial charge in [0.2, 0.25) is 5.76 Å². The third-order valence-corrected chi connectivity index (χ3v) is 4.20. The van der Waals surface area contributed by atoms with Gasteiger partial charge in [0.1, 0.15) is 0 Å². The average Bonchev–Trinajstić information content (AvgIpc) is 2.67. The van der Waals surface area contributed by atoms with Crippen LogP contribution >= 0.6 is 15.9 Å². The molecular formula is C13H21BrN2O2. The van der Waals surface area contributed by atoms with Crippen molar-refractivity contribution in [2.24, 2.45) is 5.92 Å². The molecular weight excluding hydrogens is 296 g/mol.